The van der Waals surface area contributed by atoms with Crippen molar-refractivity contribution in [2.75, 3.05) is 6.61 Å². The van der Waals surface area contributed by atoms with Crippen molar-refractivity contribution in [3.05, 3.63) is 30.1 Å². The van der Waals surface area contributed by atoms with Gasteiger partial charge in [0.05, 0.1) is 17.1 Å². The summed E-state index contributed by atoms with van der Waals surface area (Å²) < 4.78 is 10.6. The molecule has 0 unspecified atom stereocenters. The highest BCUT2D eigenvalue weighted by atomic mass is 16.6. The Morgan fingerprint density at radius 2 is 1.92 bits per heavy atom. The largest absolute Gasteiger partial charge is 0.490 e. The maximum Gasteiger partial charge on any atom is 0.412 e. The number of hydrogen-bond donors (Lipinski definition) is 2. The van der Waals surface area contributed by atoms with Crippen molar-refractivity contribution in [1.82, 2.24) is 15.0 Å². The van der Waals surface area contributed by atoms with Crippen LogP contribution in [0.1, 0.15) is 32.9 Å². The lowest BCUT2D eigenvalue weighted by Crippen LogP contribution is -2.43. The fourth-order valence-electron chi connectivity index (χ4n) is 2.70. The molecule has 0 radical (unpaired) electrons. The first-order valence-corrected chi connectivity index (χ1v) is 8.36. The minimum Gasteiger partial charge on any atom is -0.490 e. The van der Waals surface area contributed by atoms with Crippen LogP contribution in [0.5, 0.6) is 11.8 Å². The van der Waals surface area contributed by atoms with Crippen molar-refractivity contribution in [2.24, 2.45) is 17.4 Å². The van der Waals surface area contributed by atoms with Gasteiger partial charge in [0.25, 0.3) is 0 Å². The molecule has 0 aromatic carbocycles. The Morgan fingerprint density at radius 3 is 2.54 bits per heavy atom. The lowest BCUT2D eigenvalue weighted by atomic mass is 9.93. The third kappa shape index (κ3) is 5.66. The third-order valence-corrected chi connectivity index (χ3v) is 3.56. The molecule has 0 spiro atoms. The summed E-state index contributed by atoms with van der Waals surface area (Å²) >= 11 is 0. The van der Waals surface area contributed by atoms with Gasteiger partial charge < -0.3 is 20.9 Å². The number of carbonyl (C=O) groups excluding carboxylic acids is 1. The molecule has 0 saturated carbocycles. The van der Waals surface area contributed by atoms with Gasteiger partial charge in [0.15, 0.2) is 0 Å². The topological polar surface area (TPSA) is 126 Å². The second-order valence-corrected chi connectivity index (χ2v) is 6.97. The lowest BCUT2D eigenvalue weighted by Gasteiger charge is -2.26. The SMILES string of the molecule is Cc1nc(-c2ccnc(OC(N)=O)n2)ccc1OC[C@@](C)(N)CC(C)C. The molecule has 0 aliphatic carbocycles. The molecule has 140 valence electrons. The van der Waals surface area contributed by atoms with E-state index < -0.39 is 11.6 Å². The molecule has 26 heavy (non-hydrogen) atoms. The summed E-state index contributed by atoms with van der Waals surface area (Å²) in [7, 11) is 0. The van der Waals surface area contributed by atoms with Gasteiger partial charge >= 0.3 is 12.1 Å². The zero-order valence-corrected chi connectivity index (χ0v) is 15.5. The Hall–Kier alpha value is -2.74. The van der Waals surface area contributed by atoms with Crippen LogP contribution in [-0.4, -0.2) is 33.2 Å². The van der Waals surface area contributed by atoms with Crippen LogP contribution in [-0.2, 0) is 0 Å². The number of primary amides is 1. The fourth-order valence-corrected chi connectivity index (χ4v) is 2.70. The second-order valence-electron chi connectivity index (χ2n) is 6.97. The third-order valence-electron chi connectivity index (χ3n) is 3.56. The first kappa shape index (κ1) is 19.6. The number of carbonyl (C=O) groups is 1. The van der Waals surface area contributed by atoms with Gasteiger partial charge in [-0.25, -0.2) is 14.8 Å². The average molecular weight is 359 g/mol. The maximum atomic E-state index is 10.8. The van der Waals surface area contributed by atoms with Gasteiger partial charge in [-0.05, 0) is 44.4 Å². The van der Waals surface area contributed by atoms with Crippen LogP contribution >= 0.6 is 0 Å². The number of hydrogen-bond acceptors (Lipinski definition) is 7. The Labute approximate surface area is 153 Å². The number of nitrogens with zero attached hydrogens (tertiary/aromatic N) is 3. The normalized spacial score (nSPS) is 13.3. The predicted molar refractivity (Wildman–Crippen MR) is 97.8 cm³/mol. The van der Waals surface area contributed by atoms with E-state index in [2.05, 4.69) is 33.5 Å². The summed E-state index contributed by atoms with van der Waals surface area (Å²) in [5.41, 5.74) is 12.7. The molecule has 2 rings (SSSR count). The maximum absolute atomic E-state index is 10.8. The number of rotatable bonds is 7. The number of aryl methyl sites for hydroxylation is 1. The van der Waals surface area contributed by atoms with Crippen molar-refractivity contribution in [2.45, 2.75) is 39.7 Å². The first-order valence-electron chi connectivity index (χ1n) is 8.36. The molecule has 8 heteroatoms. The van der Waals surface area contributed by atoms with E-state index >= 15 is 0 Å². The number of amides is 1. The van der Waals surface area contributed by atoms with Gasteiger partial charge in [0, 0.05) is 11.7 Å². The fraction of sp³-hybridized carbons (Fsp3) is 0.444. The average Bonchev–Trinajstić information content (AvgIpc) is 2.52. The molecule has 1 atom stereocenters. The van der Waals surface area contributed by atoms with Crippen LogP contribution in [0.15, 0.2) is 24.4 Å². The number of nitrogens with two attached hydrogens (primary N) is 2. The number of ether oxygens (including phenoxy) is 2. The van der Waals surface area contributed by atoms with E-state index in [1.165, 1.54) is 6.20 Å². The summed E-state index contributed by atoms with van der Waals surface area (Å²) in [6, 6.07) is 5.13. The second kappa shape index (κ2) is 8.09. The van der Waals surface area contributed by atoms with Crippen LogP contribution < -0.4 is 20.9 Å². The Bertz CT molecular complexity index is 777. The van der Waals surface area contributed by atoms with Crippen LogP contribution in [0.2, 0.25) is 0 Å². The van der Waals surface area contributed by atoms with Crippen LogP contribution in [0.25, 0.3) is 11.4 Å². The first-order chi connectivity index (χ1) is 12.2. The molecule has 1 amide bonds. The van der Waals surface area contributed by atoms with Crippen molar-refractivity contribution in [3.8, 4) is 23.1 Å². The van der Waals surface area contributed by atoms with E-state index in [1.807, 2.05) is 19.9 Å². The van der Waals surface area contributed by atoms with Crippen molar-refractivity contribution in [3.63, 3.8) is 0 Å². The van der Waals surface area contributed by atoms with Crippen LogP contribution in [0, 0.1) is 12.8 Å². The van der Waals surface area contributed by atoms with E-state index in [4.69, 9.17) is 16.2 Å². The molecule has 8 nitrogen and oxygen atoms in total. The quantitative estimate of drug-likeness (QED) is 0.777. The van der Waals surface area contributed by atoms with Crippen molar-refractivity contribution < 1.29 is 14.3 Å². The van der Waals surface area contributed by atoms with Gasteiger partial charge in [-0.2, -0.15) is 4.98 Å². The van der Waals surface area contributed by atoms with Gasteiger partial charge in [0.1, 0.15) is 12.4 Å². The van der Waals surface area contributed by atoms with E-state index in [0.717, 1.165) is 6.42 Å². The molecule has 4 N–H and O–H groups in total. The monoisotopic (exact) mass is 359 g/mol. The Balaban J connectivity index is 2.13. The molecular formula is C18H25N5O3. The molecule has 2 heterocycles. The molecule has 2 aromatic heterocycles. The Kier molecular flexibility index (Phi) is 6.10. The number of pyridine rings is 1. The van der Waals surface area contributed by atoms with Crippen molar-refractivity contribution >= 4 is 6.09 Å². The lowest BCUT2D eigenvalue weighted by molar-refractivity contribution is 0.205. The molecule has 0 saturated heterocycles. The molecule has 0 fully saturated rings. The van der Waals surface area contributed by atoms with Gasteiger partial charge in [-0.1, -0.05) is 13.8 Å². The van der Waals surface area contributed by atoms with Crippen LogP contribution in [0.3, 0.4) is 0 Å². The standard InChI is InChI=1S/C18H25N5O3/c1-11(2)9-18(4,20)10-25-15-6-5-13(22-12(15)3)14-7-8-21-17(23-14)26-16(19)24/h5-8,11H,9-10,20H2,1-4H3,(H2,19,24)/t18-/m0/s1. The van der Waals surface area contributed by atoms with E-state index in [-0.39, 0.29) is 6.01 Å². The highest BCUT2D eigenvalue weighted by Crippen LogP contribution is 2.24. The highest BCUT2D eigenvalue weighted by Gasteiger charge is 2.21. The molecule has 0 aliphatic heterocycles. The summed E-state index contributed by atoms with van der Waals surface area (Å²) in [6.45, 7) is 8.48. The predicted octanol–water partition coefficient (Wildman–Crippen LogP) is 2.45. The summed E-state index contributed by atoms with van der Waals surface area (Å²) in [4.78, 5) is 23.2. The Morgan fingerprint density at radius 1 is 1.23 bits per heavy atom. The summed E-state index contributed by atoms with van der Waals surface area (Å²) in [5, 5.41) is 0. The summed E-state index contributed by atoms with van der Waals surface area (Å²) in [6.07, 6.45) is 1.36. The summed E-state index contributed by atoms with van der Waals surface area (Å²) in [5.74, 6) is 1.15. The zero-order valence-electron chi connectivity index (χ0n) is 15.5. The van der Waals surface area contributed by atoms with Gasteiger partial charge in [0.2, 0.25) is 0 Å². The van der Waals surface area contributed by atoms with E-state index in [0.29, 0.717) is 35.4 Å². The zero-order chi connectivity index (χ0) is 19.3. The van der Waals surface area contributed by atoms with E-state index in [1.54, 1.807) is 12.1 Å². The number of aromatic nitrogens is 3. The van der Waals surface area contributed by atoms with Gasteiger partial charge in [-0.15, -0.1) is 0 Å². The molecule has 2 aromatic rings. The molecule has 0 aliphatic rings. The minimum atomic E-state index is -0.971. The van der Waals surface area contributed by atoms with Crippen molar-refractivity contribution in [1.29, 1.82) is 0 Å². The van der Waals surface area contributed by atoms with Crippen LogP contribution in [0.4, 0.5) is 4.79 Å². The molecular weight excluding hydrogens is 334 g/mol. The minimum absolute atomic E-state index is 0.123. The van der Waals surface area contributed by atoms with E-state index in [9.17, 15) is 4.79 Å². The smallest absolute Gasteiger partial charge is 0.412 e. The highest BCUT2D eigenvalue weighted by molar-refractivity contribution is 5.67. The van der Waals surface area contributed by atoms with Gasteiger partial charge in [-0.3, -0.25) is 0 Å². The molecule has 0 bridgehead atoms.